The van der Waals surface area contributed by atoms with Gasteiger partial charge in [-0.05, 0) is 229 Å². The summed E-state index contributed by atoms with van der Waals surface area (Å²) in [5.41, 5.74) is 22.7. The maximum Gasteiger partial charge on any atom is 0.333 e. The molecule has 0 saturated heterocycles. The Labute approximate surface area is 407 Å². The molecular formula is C65H60BN3. The molecule has 7 aromatic carbocycles. The van der Waals surface area contributed by atoms with Crippen LogP contribution in [0, 0.1) is 35.5 Å². The largest absolute Gasteiger partial charge is 0.375 e. The highest BCUT2D eigenvalue weighted by Crippen LogP contribution is 2.64. The van der Waals surface area contributed by atoms with Crippen LogP contribution < -0.4 is 20.7 Å². The van der Waals surface area contributed by atoms with Gasteiger partial charge >= 0.3 is 6.85 Å². The molecule has 338 valence electrons. The summed E-state index contributed by atoms with van der Waals surface area (Å²) in [6, 6.07) is 57.7. The molecule has 3 nitrogen and oxygen atoms in total. The molecule has 7 aliphatic carbocycles. The van der Waals surface area contributed by atoms with Crippen LogP contribution in [0.3, 0.4) is 0 Å². The molecule has 7 bridgehead atoms. The average molecular weight is 894 g/mol. The van der Waals surface area contributed by atoms with Gasteiger partial charge in [-0.25, -0.2) is 0 Å². The van der Waals surface area contributed by atoms with Crippen LogP contribution >= 0.6 is 0 Å². The van der Waals surface area contributed by atoms with Crippen molar-refractivity contribution < 1.29 is 0 Å². The van der Waals surface area contributed by atoms with Gasteiger partial charge in [-0.3, -0.25) is 0 Å². The predicted octanol–water partition coefficient (Wildman–Crippen LogP) is 15.3. The van der Waals surface area contributed by atoms with E-state index in [1.165, 1.54) is 166 Å². The highest BCUT2D eigenvalue weighted by Gasteiger charge is 2.55. The van der Waals surface area contributed by atoms with Gasteiger partial charge in [0, 0.05) is 61.2 Å². The molecule has 18 rings (SSSR count). The van der Waals surface area contributed by atoms with Gasteiger partial charge in [0.15, 0.2) is 0 Å². The lowest BCUT2D eigenvalue weighted by atomic mass is 9.44. The van der Waals surface area contributed by atoms with Crippen LogP contribution in [-0.4, -0.2) is 11.3 Å². The topological polar surface area (TPSA) is 11.4 Å². The van der Waals surface area contributed by atoms with Gasteiger partial charge in [0.25, 0.3) is 0 Å². The zero-order chi connectivity index (χ0) is 45.1. The summed E-state index contributed by atoms with van der Waals surface area (Å²) in [4.78, 5) is 5.23. The Morgan fingerprint density at radius 3 is 1.96 bits per heavy atom. The van der Waals surface area contributed by atoms with Gasteiger partial charge in [-0.15, -0.1) is 0 Å². The Hall–Kier alpha value is -6.00. The molecule has 0 N–H and O–H groups in total. The molecule has 0 amide bonds. The number of hydrogen-bond acceptors (Lipinski definition) is 2. The first-order valence-corrected chi connectivity index (χ1v) is 27.1. The monoisotopic (exact) mass is 893 g/mol. The van der Waals surface area contributed by atoms with E-state index in [-0.39, 0.29) is 17.7 Å². The number of nitrogens with zero attached hydrogens (tertiary/aromatic N) is 3. The summed E-state index contributed by atoms with van der Waals surface area (Å²) < 4.78 is 2.88. The van der Waals surface area contributed by atoms with E-state index in [4.69, 9.17) is 0 Å². The maximum atomic E-state index is 2.88. The fraction of sp³-hybridized carbons (Fsp3) is 0.354. The SMILES string of the molecule is CC1(C)c2ccccc2N2c3cc(N(c4ccccc4)c4ccccc4)cc4c3B(c3cccc1c32)n1c2ccc(C35CC6CC(CC(C6)C3)C5)cc2c2cc(C35CCC6CC(CC6C3)C5)cc-4c21. The normalized spacial score (nSPS) is 29.7. The number of para-hydroxylation sites is 4. The highest BCUT2D eigenvalue weighted by atomic mass is 15.2. The standard InChI is InChI=1S/C65H60BN3/c1-63(2)54-16-9-10-19-58(54)68-59-33-49(67(47-12-5-3-6-13-47)48-14-7-4-8-15-48)32-51-53-31-46(64-23-22-43-27-42(34-64)28-44(43)38-64)30-52-50-29-45(65-35-39-24-40(36-65)26-41(25-39)37-65)20-21-57(50)69(61(52)53)66(60(51)59)56-18-11-17-55(63)62(56)68/h3-21,29-33,39-44H,22-28,34-38H2,1-2H3. The number of anilines is 6. The Bertz CT molecular complexity index is 3450. The molecule has 69 heavy (non-hydrogen) atoms. The third kappa shape index (κ3) is 5.01. The lowest BCUT2D eigenvalue weighted by Crippen LogP contribution is -2.58. The smallest absolute Gasteiger partial charge is 0.333 e. The first kappa shape index (κ1) is 38.8. The average Bonchev–Trinajstić information content (AvgIpc) is 3.80. The summed E-state index contributed by atoms with van der Waals surface area (Å²) >= 11 is 0. The van der Waals surface area contributed by atoms with Crippen molar-refractivity contribution in [1.82, 2.24) is 4.48 Å². The van der Waals surface area contributed by atoms with E-state index in [0.29, 0.717) is 5.41 Å². The molecule has 8 aromatic rings. The molecule has 7 saturated carbocycles. The van der Waals surface area contributed by atoms with Gasteiger partial charge in [-0.1, -0.05) is 92.7 Å². The van der Waals surface area contributed by atoms with E-state index >= 15 is 0 Å². The highest BCUT2D eigenvalue weighted by molar-refractivity contribution is 6.90. The number of hydrogen-bond donors (Lipinski definition) is 0. The van der Waals surface area contributed by atoms with E-state index < -0.39 is 0 Å². The molecule has 7 fully saturated rings. The molecule has 10 aliphatic rings. The minimum absolute atomic E-state index is 0.0288. The van der Waals surface area contributed by atoms with Crippen molar-refractivity contribution in [2.45, 2.75) is 107 Å². The lowest BCUT2D eigenvalue weighted by Gasteiger charge is -2.57. The van der Waals surface area contributed by atoms with Gasteiger partial charge in [0.1, 0.15) is 0 Å². The second-order valence-corrected chi connectivity index (χ2v) is 24.9. The Kier molecular flexibility index (Phi) is 7.45. The molecule has 1 aromatic heterocycles. The van der Waals surface area contributed by atoms with E-state index in [1.54, 1.807) is 11.1 Å². The van der Waals surface area contributed by atoms with Crippen molar-refractivity contribution >= 4 is 73.7 Å². The zero-order valence-corrected chi connectivity index (χ0v) is 40.2. The van der Waals surface area contributed by atoms with E-state index in [0.717, 1.165) is 35.5 Å². The first-order chi connectivity index (χ1) is 33.8. The maximum absolute atomic E-state index is 2.88. The Balaban J connectivity index is 1.00. The summed E-state index contributed by atoms with van der Waals surface area (Å²) in [5, 5.41) is 3.02. The number of aromatic nitrogens is 1. The summed E-state index contributed by atoms with van der Waals surface area (Å²) in [6.07, 6.45) is 17.1. The third-order valence-corrected chi connectivity index (χ3v) is 21.0. The van der Waals surface area contributed by atoms with E-state index in [9.17, 15) is 0 Å². The van der Waals surface area contributed by atoms with Gasteiger partial charge in [-0.2, -0.15) is 0 Å². The van der Waals surface area contributed by atoms with E-state index in [2.05, 4.69) is 174 Å². The lowest BCUT2D eigenvalue weighted by molar-refractivity contribution is -0.00512. The quantitative estimate of drug-likeness (QED) is 0.160. The number of benzene rings is 7. The van der Waals surface area contributed by atoms with E-state index in [1.807, 2.05) is 0 Å². The zero-order valence-electron chi connectivity index (χ0n) is 40.2. The number of rotatable bonds is 5. The van der Waals surface area contributed by atoms with Crippen LogP contribution in [0.4, 0.5) is 34.1 Å². The minimum atomic E-state index is -0.170. The minimum Gasteiger partial charge on any atom is -0.375 e. The molecule has 4 heterocycles. The number of fused-ring (bicyclic) bond motifs is 11. The fourth-order valence-corrected chi connectivity index (χ4v) is 18.8. The van der Waals surface area contributed by atoms with Crippen molar-refractivity contribution in [3.63, 3.8) is 0 Å². The third-order valence-electron chi connectivity index (χ3n) is 21.0. The Morgan fingerprint density at radius 1 is 0.522 bits per heavy atom. The van der Waals surface area contributed by atoms with Crippen molar-refractivity contribution in [2.24, 2.45) is 35.5 Å². The van der Waals surface area contributed by atoms with Crippen molar-refractivity contribution in [1.29, 1.82) is 0 Å². The predicted molar refractivity (Wildman–Crippen MR) is 286 cm³/mol. The van der Waals surface area contributed by atoms with Crippen molar-refractivity contribution in [3.05, 3.63) is 168 Å². The van der Waals surface area contributed by atoms with Crippen LogP contribution in [0.2, 0.25) is 0 Å². The molecule has 0 spiro atoms. The molecule has 0 radical (unpaired) electrons. The van der Waals surface area contributed by atoms with Gasteiger partial charge in [0.2, 0.25) is 0 Å². The van der Waals surface area contributed by atoms with Crippen LogP contribution in [0.25, 0.3) is 32.9 Å². The molecule has 4 atom stereocenters. The summed E-state index contributed by atoms with van der Waals surface area (Å²) in [6.45, 7) is 4.95. The summed E-state index contributed by atoms with van der Waals surface area (Å²) in [7, 11) is 0. The van der Waals surface area contributed by atoms with Gasteiger partial charge < -0.3 is 14.3 Å². The van der Waals surface area contributed by atoms with Crippen LogP contribution in [0.15, 0.2) is 146 Å². The fourth-order valence-electron chi connectivity index (χ4n) is 18.8. The van der Waals surface area contributed by atoms with Crippen molar-refractivity contribution in [2.75, 3.05) is 9.80 Å². The molecule has 4 unspecified atom stereocenters. The second-order valence-electron chi connectivity index (χ2n) is 24.9. The van der Waals surface area contributed by atoms with Crippen molar-refractivity contribution in [3.8, 4) is 11.1 Å². The van der Waals surface area contributed by atoms with Crippen LogP contribution in [-0.2, 0) is 16.2 Å². The molecule has 3 aliphatic heterocycles. The molecular weight excluding hydrogens is 834 g/mol. The first-order valence-electron chi connectivity index (χ1n) is 27.1. The van der Waals surface area contributed by atoms with Crippen LogP contribution in [0.1, 0.15) is 113 Å². The summed E-state index contributed by atoms with van der Waals surface area (Å²) in [5.74, 6) is 5.48. The Morgan fingerprint density at radius 2 is 1.19 bits per heavy atom. The second kappa shape index (κ2) is 13.2. The van der Waals surface area contributed by atoms with Crippen LogP contribution in [0.5, 0.6) is 0 Å². The van der Waals surface area contributed by atoms with Gasteiger partial charge in [0.05, 0.1) is 5.69 Å². The molecule has 4 heteroatoms.